The number of hydrogen-bond donors (Lipinski definition) is 0. The van der Waals surface area contributed by atoms with Crippen LogP contribution in [0.3, 0.4) is 0 Å². The highest BCUT2D eigenvalue weighted by Crippen LogP contribution is 1.93. The summed E-state index contributed by atoms with van der Waals surface area (Å²) in [5.74, 6) is -0.164. The molecule has 0 atom stereocenters. The van der Waals surface area contributed by atoms with Gasteiger partial charge in [-0.05, 0) is 6.42 Å². The first-order valence-electron chi connectivity index (χ1n) is 2.99. The second kappa shape index (κ2) is 4.57. The molecule has 0 saturated carbocycles. The summed E-state index contributed by atoms with van der Waals surface area (Å²) in [6.45, 7) is 3.46. The Hall–Kier alpha value is -1.30. The van der Waals surface area contributed by atoms with Crippen molar-refractivity contribution in [2.24, 2.45) is 0 Å². The minimum atomic E-state index is -0.164. The molecule has 0 saturated heterocycles. The minimum absolute atomic E-state index is 0.164. The maximum absolute atomic E-state index is 10.8. The average Bonchev–Trinajstić information content (AvgIpc) is 1.98. The summed E-state index contributed by atoms with van der Waals surface area (Å²) < 4.78 is 0. The van der Waals surface area contributed by atoms with Crippen LogP contribution < -0.4 is 0 Å². The van der Waals surface area contributed by atoms with Crippen LogP contribution >= 0.6 is 0 Å². The Kier molecular flexibility index (Phi) is 3.97. The molecule has 0 aliphatic rings. The van der Waals surface area contributed by atoms with Gasteiger partial charge in [0.25, 0.3) is 0 Å². The number of amides is 1. The van der Waals surface area contributed by atoms with E-state index in [1.165, 1.54) is 7.05 Å². The molecule has 0 aliphatic heterocycles. The maximum Gasteiger partial charge on any atom is 0.235 e. The Morgan fingerprint density at radius 1 is 1.90 bits per heavy atom. The monoisotopic (exact) mass is 138 g/mol. The van der Waals surface area contributed by atoms with Gasteiger partial charge in [0.15, 0.2) is 6.19 Å². The fourth-order valence-corrected chi connectivity index (χ4v) is 0.449. The summed E-state index contributed by atoms with van der Waals surface area (Å²) >= 11 is 0. The quantitative estimate of drug-likeness (QED) is 0.330. The number of hydrogen-bond acceptors (Lipinski definition) is 2. The largest absolute Gasteiger partial charge is 0.274 e. The summed E-state index contributed by atoms with van der Waals surface area (Å²) in [7, 11) is 1.45. The number of rotatable bonds is 3. The highest BCUT2D eigenvalue weighted by atomic mass is 16.2. The van der Waals surface area contributed by atoms with Crippen LogP contribution in [0, 0.1) is 11.5 Å². The van der Waals surface area contributed by atoms with Crippen molar-refractivity contribution in [1.82, 2.24) is 4.90 Å². The van der Waals surface area contributed by atoms with Gasteiger partial charge in [0, 0.05) is 13.5 Å². The van der Waals surface area contributed by atoms with Crippen LogP contribution in [0.4, 0.5) is 0 Å². The van der Waals surface area contributed by atoms with E-state index in [4.69, 9.17) is 5.26 Å². The number of nitriles is 1. The maximum atomic E-state index is 10.8. The van der Waals surface area contributed by atoms with E-state index >= 15 is 0 Å². The van der Waals surface area contributed by atoms with Gasteiger partial charge in [0.1, 0.15) is 0 Å². The standard InChI is InChI=1S/C7H10N2O/c1-3-4-5-7(10)9(2)6-8/h3H,1,4-5H2,2H3. The second-order valence-electron chi connectivity index (χ2n) is 1.88. The molecular weight excluding hydrogens is 128 g/mol. The van der Waals surface area contributed by atoms with Gasteiger partial charge in [0.2, 0.25) is 5.91 Å². The molecule has 3 heteroatoms. The molecule has 0 aromatic rings. The van der Waals surface area contributed by atoms with Gasteiger partial charge < -0.3 is 0 Å². The van der Waals surface area contributed by atoms with E-state index in [0.29, 0.717) is 12.8 Å². The van der Waals surface area contributed by atoms with Crippen molar-refractivity contribution in [2.45, 2.75) is 12.8 Å². The molecule has 0 aromatic heterocycles. The van der Waals surface area contributed by atoms with E-state index < -0.39 is 0 Å². The summed E-state index contributed by atoms with van der Waals surface area (Å²) in [5.41, 5.74) is 0. The lowest BCUT2D eigenvalue weighted by molar-refractivity contribution is -0.127. The van der Waals surface area contributed by atoms with Crippen LogP contribution in [0.2, 0.25) is 0 Å². The molecule has 0 N–H and O–H groups in total. The van der Waals surface area contributed by atoms with E-state index in [0.717, 1.165) is 4.90 Å². The SMILES string of the molecule is C=CCCC(=O)N(C)C#N. The lowest BCUT2D eigenvalue weighted by Crippen LogP contribution is -2.20. The third kappa shape index (κ3) is 2.88. The van der Waals surface area contributed by atoms with Crippen LogP contribution in [0.25, 0.3) is 0 Å². The zero-order valence-corrected chi connectivity index (χ0v) is 6.00. The summed E-state index contributed by atoms with van der Waals surface area (Å²) in [6.07, 6.45) is 4.38. The molecule has 0 spiro atoms. The third-order valence-corrected chi connectivity index (χ3v) is 1.09. The fraction of sp³-hybridized carbons (Fsp3) is 0.429. The van der Waals surface area contributed by atoms with E-state index in [1.807, 2.05) is 0 Å². The minimum Gasteiger partial charge on any atom is -0.274 e. The van der Waals surface area contributed by atoms with Gasteiger partial charge in [0.05, 0.1) is 0 Å². The number of nitrogens with zero attached hydrogens (tertiary/aromatic N) is 2. The molecule has 0 rings (SSSR count). The number of carbonyl (C=O) groups excluding carboxylic acids is 1. The van der Waals surface area contributed by atoms with E-state index in [2.05, 4.69) is 6.58 Å². The van der Waals surface area contributed by atoms with E-state index in [9.17, 15) is 4.79 Å². The molecular formula is C7H10N2O. The smallest absolute Gasteiger partial charge is 0.235 e. The number of carbonyl (C=O) groups is 1. The third-order valence-electron chi connectivity index (χ3n) is 1.09. The number of allylic oxidation sites excluding steroid dienone is 1. The average molecular weight is 138 g/mol. The first kappa shape index (κ1) is 8.70. The first-order valence-corrected chi connectivity index (χ1v) is 2.99. The van der Waals surface area contributed by atoms with Crippen molar-refractivity contribution in [3.63, 3.8) is 0 Å². The van der Waals surface area contributed by atoms with E-state index in [1.54, 1.807) is 12.3 Å². The Morgan fingerprint density at radius 3 is 2.90 bits per heavy atom. The van der Waals surface area contributed by atoms with Crippen molar-refractivity contribution in [3.8, 4) is 6.19 Å². The van der Waals surface area contributed by atoms with Crippen molar-refractivity contribution < 1.29 is 4.79 Å². The van der Waals surface area contributed by atoms with Crippen LogP contribution in [0.5, 0.6) is 0 Å². The summed E-state index contributed by atoms with van der Waals surface area (Å²) in [4.78, 5) is 11.8. The zero-order chi connectivity index (χ0) is 7.98. The Morgan fingerprint density at radius 2 is 2.50 bits per heavy atom. The van der Waals surface area contributed by atoms with Gasteiger partial charge in [-0.2, -0.15) is 5.26 Å². The van der Waals surface area contributed by atoms with Crippen molar-refractivity contribution in [1.29, 1.82) is 5.26 Å². The van der Waals surface area contributed by atoms with Gasteiger partial charge in [-0.15, -0.1) is 6.58 Å². The molecule has 0 aromatic carbocycles. The molecule has 0 aliphatic carbocycles. The van der Waals surface area contributed by atoms with Crippen LogP contribution in [0.1, 0.15) is 12.8 Å². The first-order chi connectivity index (χ1) is 4.72. The molecule has 1 amide bonds. The van der Waals surface area contributed by atoms with Crippen LogP contribution in [-0.4, -0.2) is 17.9 Å². The summed E-state index contributed by atoms with van der Waals surface area (Å²) in [6, 6.07) is 0. The fourth-order valence-electron chi connectivity index (χ4n) is 0.449. The zero-order valence-electron chi connectivity index (χ0n) is 6.00. The molecule has 0 heterocycles. The van der Waals surface area contributed by atoms with E-state index in [-0.39, 0.29) is 5.91 Å². The van der Waals surface area contributed by atoms with Gasteiger partial charge in [-0.25, -0.2) is 0 Å². The van der Waals surface area contributed by atoms with Crippen molar-refractivity contribution >= 4 is 5.91 Å². The predicted molar refractivity (Wildman–Crippen MR) is 37.8 cm³/mol. The normalized spacial score (nSPS) is 8.00. The lowest BCUT2D eigenvalue weighted by Gasteiger charge is -2.03. The van der Waals surface area contributed by atoms with Gasteiger partial charge in [-0.3, -0.25) is 9.69 Å². The van der Waals surface area contributed by atoms with Crippen LogP contribution in [0.15, 0.2) is 12.7 Å². The van der Waals surface area contributed by atoms with Crippen LogP contribution in [-0.2, 0) is 4.79 Å². The molecule has 10 heavy (non-hydrogen) atoms. The predicted octanol–water partition coefficient (Wildman–Crippen LogP) is 0.892. The lowest BCUT2D eigenvalue weighted by atomic mass is 10.3. The highest BCUT2D eigenvalue weighted by Gasteiger charge is 2.04. The second-order valence-corrected chi connectivity index (χ2v) is 1.88. The Labute approximate surface area is 60.6 Å². The Balaban J connectivity index is 3.64. The molecule has 54 valence electrons. The Bertz CT molecular complexity index is 169. The molecule has 3 nitrogen and oxygen atoms in total. The molecule has 0 bridgehead atoms. The summed E-state index contributed by atoms with van der Waals surface area (Å²) in [5, 5.41) is 8.23. The molecule has 0 fully saturated rings. The van der Waals surface area contributed by atoms with Gasteiger partial charge >= 0.3 is 0 Å². The molecule has 0 radical (unpaired) electrons. The van der Waals surface area contributed by atoms with Crippen molar-refractivity contribution in [2.75, 3.05) is 7.05 Å². The molecule has 0 unspecified atom stereocenters. The van der Waals surface area contributed by atoms with Crippen molar-refractivity contribution in [3.05, 3.63) is 12.7 Å². The topological polar surface area (TPSA) is 44.1 Å². The highest BCUT2D eigenvalue weighted by molar-refractivity contribution is 5.77. The van der Waals surface area contributed by atoms with Gasteiger partial charge in [-0.1, -0.05) is 6.08 Å².